The maximum atomic E-state index is 11.6. The lowest BCUT2D eigenvalue weighted by Gasteiger charge is -2.26. The quantitative estimate of drug-likeness (QED) is 0.694. The van der Waals surface area contributed by atoms with Crippen LogP contribution in [0.2, 0.25) is 0 Å². The Balaban J connectivity index is 2.68. The molecule has 0 spiro atoms. The second-order valence-corrected chi connectivity index (χ2v) is 3.79. The van der Waals surface area contributed by atoms with E-state index in [-0.39, 0.29) is 12.3 Å². The lowest BCUT2D eigenvalue weighted by molar-refractivity contribution is -0.141. The van der Waals surface area contributed by atoms with Crippen molar-refractivity contribution < 1.29 is 14.7 Å². The largest absolute Gasteiger partial charge is 0.481 e. The van der Waals surface area contributed by atoms with Crippen molar-refractivity contribution in [2.24, 2.45) is 0 Å². The Kier molecular flexibility index (Phi) is 4.55. The van der Waals surface area contributed by atoms with Gasteiger partial charge in [-0.05, 0) is 19.4 Å². The molecule has 0 aromatic rings. The molecule has 5 nitrogen and oxygen atoms in total. The van der Waals surface area contributed by atoms with Gasteiger partial charge in [0, 0.05) is 13.1 Å². The maximum absolute atomic E-state index is 11.6. The van der Waals surface area contributed by atoms with Gasteiger partial charge in [-0.1, -0.05) is 6.92 Å². The Bertz CT molecular complexity index is 243. The lowest BCUT2D eigenvalue weighted by Crippen LogP contribution is -2.45. The normalized spacial score (nSPS) is 23.3. The molecule has 1 atom stereocenters. The van der Waals surface area contributed by atoms with Crippen LogP contribution >= 0.6 is 0 Å². The summed E-state index contributed by atoms with van der Waals surface area (Å²) >= 11 is 0. The van der Waals surface area contributed by atoms with Crippen LogP contribution in [-0.4, -0.2) is 47.6 Å². The van der Waals surface area contributed by atoms with Crippen molar-refractivity contribution in [3.05, 3.63) is 0 Å². The zero-order valence-electron chi connectivity index (χ0n) is 9.03. The van der Waals surface area contributed by atoms with Gasteiger partial charge in [0.15, 0.2) is 0 Å². The standard InChI is InChI=1S/C10H18N2O3/c1-2-5-12-6-3-4-11-10(15)8(12)7-9(13)14/h8H,2-7H2,1H3,(H,11,15)(H,13,14). The molecule has 1 heterocycles. The summed E-state index contributed by atoms with van der Waals surface area (Å²) < 4.78 is 0. The summed E-state index contributed by atoms with van der Waals surface area (Å²) in [5.74, 6) is -1.07. The van der Waals surface area contributed by atoms with Gasteiger partial charge < -0.3 is 10.4 Å². The number of carbonyl (C=O) groups is 2. The molecule has 0 aliphatic carbocycles. The number of nitrogens with one attached hydrogen (secondary N) is 1. The number of carboxylic acid groups (broad SMARTS) is 1. The molecule has 0 saturated carbocycles. The van der Waals surface area contributed by atoms with Gasteiger partial charge >= 0.3 is 5.97 Å². The molecule has 2 N–H and O–H groups in total. The van der Waals surface area contributed by atoms with Crippen LogP contribution in [0.3, 0.4) is 0 Å². The predicted octanol–water partition coefficient (Wildman–Crippen LogP) is 0.0616. The highest BCUT2D eigenvalue weighted by Crippen LogP contribution is 2.09. The van der Waals surface area contributed by atoms with Gasteiger partial charge in [0.1, 0.15) is 0 Å². The van der Waals surface area contributed by atoms with E-state index in [1.807, 2.05) is 11.8 Å². The number of nitrogens with zero attached hydrogens (tertiary/aromatic N) is 1. The number of hydrogen-bond acceptors (Lipinski definition) is 3. The number of aliphatic carboxylic acids is 1. The molecule has 5 heteroatoms. The first kappa shape index (κ1) is 12.0. The van der Waals surface area contributed by atoms with E-state index < -0.39 is 12.0 Å². The van der Waals surface area contributed by atoms with Gasteiger partial charge in [0.25, 0.3) is 0 Å². The highest BCUT2D eigenvalue weighted by Gasteiger charge is 2.29. The van der Waals surface area contributed by atoms with Crippen LogP contribution in [0, 0.1) is 0 Å². The van der Waals surface area contributed by atoms with E-state index in [1.165, 1.54) is 0 Å². The van der Waals surface area contributed by atoms with Gasteiger partial charge in [-0.2, -0.15) is 0 Å². The molecule has 1 saturated heterocycles. The van der Waals surface area contributed by atoms with Crippen LogP contribution < -0.4 is 5.32 Å². The molecular weight excluding hydrogens is 196 g/mol. The predicted molar refractivity (Wildman–Crippen MR) is 55.5 cm³/mol. The van der Waals surface area contributed by atoms with Crippen molar-refractivity contribution in [3.8, 4) is 0 Å². The van der Waals surface area contributed by atoms with Crippen LogP contribution in [0.1, 0.15) is 26.2 Å². The summed E-state index contributed by atoms with van der Waals surface area (Å²) in [4.78, 5) is 24.3. The Hall–Kier alpha value is -1.10. The zero-order chi connectivity index (χ0) is 11.3. The van der Waals surface area contributed by atoms with E-state index in [0.717, 1.165) is 25.9 Å². The second-order valence-electron chi connectivity index (χ2n) is 3.79. The van der Waals surface area contributed by atoms with Crippen molar-refractivity contribution in [1.29, 1.82) is 0 Å². The first-order valence-electron chi connectivity index (χ1n) is 5.38. The summed E-state index contributed by atoms with van der Waals surface area (Å²) in [5.41, 5.74) is 0. The van der Waals surface area contributed by atoms with Crippen LogP contribution in [0.15, 0.2) is 0 Å². The van der Waals surface area contributed by atoms with Gasteiger partial charge in [0.2, 0.25) is 5.91 Å². The zero-order valence-corrected chi connectivity index (χ0v) is 9.03. The lowest BCUT2D eigenvalue weighted by atomic mass is 10.1. The molecule has 0 aromatic heterocycles. The van der Waals surface area contributed by atoms with Gasteiger partial charge in [-0.25, -0.2) is 0 Å². The van der Waals surface area contributed by atoms with E-state index in [2.05, 4.69) is 5.32 Å². The van der Waals surface area contributed by atoms with E-state index in [9.17, 15) is 9.59 Å². The average Bonchev–Trinajstić information content (AvgIpc) is 2.32. The molecule has 1 rings (SSSR count). The molecule has 1 fully saturated rings. The summed E-state index contributed by atoms with van der Waals surface area (Å²) in [5, 5.41) is 11.5. The minimum absolute atomic E-state index is 0.105. The first-order valence-corrected chi connectivity index (χ1v) is 5.38. The Labute approximate surface area is 89.4 Å². The van der Waals surface area contributed by atoms with Crippen molar-refractivity contribution in [2.75, 3.05) is 19.6 Å². The molecule has 1 unspecified atom stereocenters. The molecule has 86 valence electrons. The molecule has 1 amide bonds. The number of amides is 1. The molecule has 1 aliphatic heterocycles. The number of rotatable bonds is 4. The third-order valence-electron chi connectivity index (χ3n) is 2.54. The van der Waals surface area contributed by atoms with Crippen LogP contribution in [-0.2, 0) is 9.59 Å². The molecular formula is C10H18N2O3. The Morgan fingerprint density at radius 3 is 3.00 bits per heavy atom. The third-order valence-corrected chi connectivity index (χ3v) is 2.54. The summed E-state index contributed by atoms with van der Waals surface area (Å²) in [6, 6.07) is -0.495. The summed E-state index contributed by atoms with van der Waals surface area (Å²) in [7, 11) is 0. The Morgan fingerprint density at radius 2 is 2.40 bits per heavy atom. The number of hydrogen-bond donors (Lipinski definition) is 2. The average molecular weight is 214 g/mol. The third kappa shape index (κ3) is 3.51. The molecule has 0 bridgehead atoms. The fourth-order valence-corrected chi connectivity index (χ4v) is 1.88. The Morgan fingerprint density at radius 1 is 1.67 bits per heavy atom. The SMILES string of the molecule is CCCN1CCCNC(=O)C1CC(=O)O. The smallest absolute Gasteiger partial charge is 0.305 e. The van der Waals surface area contributed by atoms with E-state index in [1.54, 1.807) is 0 Å². The van der Waals surface area contributed by atoms with E-state index >= 15 is 0 Å². The van der Waals surface area contributed by atoms with Crippen LogP contribution in [0.25, 0.3) is 0 Å². The van der Waals surface area contributed by atoms with Gasteiger partial charge in [0.05, 0.1) is 12.5 Å². The summed E-state index contributed by atoms with van der Waals surface area (Å²) in [6.45, 7) is 4.26. The van der Waals surface area contributed by atoms with E-state index in [4.69, 9.17) is 5.11 Å². The topological polar surface area (TPSA) is 69.6 Å². The maximum Gasteiger partial charge on any atom is 0.305 e. The minimum atomic E-state index is -0.918. The fraction of sp³-hybridized carbons (Fsp3) is 0.800. The first-order chi connectivity index (χ1) is 7.15. The molecule has 15 heavy (non-hydrogen) atoms. The van der Waals surface area contributed by atoms with Gasteiger partial charge in [-0.3, -0.25) is 14.5 Å². The monoisotopic (exact) mass is 214 g/mol. The fourth-order valence-electron chi connectivity index (χ4n) is 1.88. The van der Waals surface area contributed by atoms with Crippen molar-refractivity contribution in [3.63, 3.8) is 0 Å². The van der Waals surface area contributed by atoms with Crippen LogP contribution in [0.4, 0.5) is 0 Å². The van der Waals surface area contributed by atoms with Crippen LogP contribution in [0.5, 0.6) is 0 Å². The minimum Gasteiger partial charge on any atom is -0.481 e. The molecule has 0 aromatic carbocycles. The van der Waals surface area contributed by atoms with Crippen molar-refractivity contribution in [1.82, 2.24) is 10.2 Å². The number of carboxylic acids is 1. The highest BCUT2D eigenvalue weighted by molar-refractivity contribution is 5.86. The molecule has 0 radical (unpaired) electrons. The second kappa shape index (κ2) is 5.70. The molecule has 1 aliphatic rings. The number of carbonyl (C=O) groups excluding carboxylic acids is 1. The highest BCUT2D eigenvalue weighted by atomic mass is 16.4. The van der Waals surface area contributed by atoms with Crippen molar-refractivity contribution in [2.45, 2.75) is 32.2 Å². The van der Waals surface area contributed by atoms with Crippen molar-refractivity contribution >= 4 is 11.9 Å². The van der Waals surface area contributed by atoms with Gasteiger partial charge in [-0.15, -0.1) is 0 Å². The summed E-state index contributed by atoms with van der Waals surface area (Å²) in [6.07, 6.45) is 1.72. The van der Waals surface area contributed by atoms with E-state index in [0.29, 0.717) is 6.54 Å².